The van der Waals surface area contributed by atoms with E-state index in [-0.39, 0.29) is 26.4 Å². The van der Waals surface area contributed by atoms with Crippen LogP contribution in [0.25, 0.3) is 15.9 Å². The van der Waals surface area contributed by atoms with Gasteiger partial charge < -0.3 is 10.1 Å². The lowest BCUT2D eigenvalue weighted by Crippen LogP contribution is -2.35. The number of benzene rings is 2. The monoisotopic (exact) mass is 483 g/mol. The van der Waals surface area contributed by atoms with E-state index in [0.29, 0.717) is 18.7 Å². The molecule has 1 aliphatic rings. The van der Waals surface area contributed by atoms with Crippen molar-refractivity contribution in [3.8, 4) is 5.00 Å². The molecule has 0 atom stereocenters. The van der Waals surface area contributed by atoms with Crippen molar-refractivity contribution in [2.75, 3.05) is 10.8 Å². The summed E-state index contributed by atoms with van der Waals surface area (Å²) in [6.07, 6.45) is 1.46. The zero-order valence-electron chi connectivity index (χ0n) is 17.0. The van der Waals surface area contributed by atoms with Crippen molar-refractivity contribution in [1.29, 1.82) is 0 Å². The molecule has 33 heavy (non-hydrogen) atoms. The average molecular weight is 484 g/mol. The molecule has 9 nitrogen and oxygen atoms in total. The van der Waals surface area contributed by atoms with Gasteiger partial charge in [0.1, 0.15) is 9.90 Å². The number of H-pyrrole nitrogens is 1. The summed E-state index contributed by atoms with van der Waals surface area (Å²) in [7, 11) is -3.93. The van der Waals surface area contributed by atoms with Crippen molar-refractivity contribution in [3.05, 3.63) is 85.9 Å². The number of aryl methyl sites for hydroxylation is 1. The first kappa shape index (κ1) is 21.2. The summed E-state index contributed by atoms with van der Waals surface area (Å²) >= 11 is 0.916. The fourth-order valence-corrected chi connectivity index (χ4v) is 6.88. The molecule has 1 aliphatic heterocycles. The number of carboxylic acids is 1. The second kappa shape index (κ2) is 7.71. The molecule has 0 aliphatic carbocycles. The van der Waals surface area contributed by atoms with Gasteiger partial charge in [-0.3, -0.25) is 9.10 Å². The maximum Gasteiger partial charge on any atom is 0.336 e. The quantitative estimate of drug-likeness (QED) is 0.459. The Hall–Kier alpha value is -3.70. The Balaban J connectivity index is 1.64. The van der Waals surface area contributed by atoms with Crippen LogP contribution in [-0.4, -0.2) is 35.6 Å². The van der Waals surface area contributed by atoms with Crippen molar-refractivity contribution < 1.29 is 18.3 Å². The van der Waals surface area contributed by atoms with Gasteiger partial charge in [-0.15, -0.1) is 11.3 Å². The van der Waals surface area contributed by atoms with Crippen LogP contribution in [0.5, 0.6) is 0 Å². The third-order valence-electron chi connectivity index (χ3n) is 5.59. The average Bonchev–Trinajstić information content (AvgIpc) is 3.28. The van der Waals surface area contributed by atoms with E-state index in [4.69, 9.17) is 0 Å². The van der Waals surface area contributed by atoms with Crippen LogP contribution in [-0.2, 0) is 16.4 Å². The van der Waals surface area contributed by atoms with Crippen LogP contribution in [0, 0.1) is 0 Å². The molecule has 0 bridgehead atoms. The molecule has 2 aromatic carbocycles. The second-order valence-corrected chi connectivity index (χ2v) is 10.3. The number of aromatic amines is 1. The molecule has 168 valence electrons. The van der Waals surface area contributed by atoms with E-state index in [1.165, 1.54) is 34.0 Å². The summed E-state index contributed by atoms with van der Waals surface area (Å²) in [6, 6.07) is 12.7. The minimum Gasteiger partial charge on any atom is -0.478 e. The molecule has 0 unspecified atom stereocenters. The number of carbonyl (C=O) groups is 1. The van der Waals surface area contributed by atoms with Crippen LogP contribution in [0.3, 0.4) is 0 Å². The first-order valence-electron chi connectivity index (χ1n) is 10.00. The van der Waals surface area contributed by atoms with Gasteiger partial charge in [-0.2, -0.15) is 0 Å². The van der Waals surface area contributed by atoms with E-state index in [2.05, 4.69) is 4.98 Å². The predicted octanol–water partition coefficient (Wildman–Crippen LogP) is 2.58. The maximum atomic E-state index is 13.4. The number of para-hydroxylation sites is 1. The zero-order valence-corrected chi connectivity index (χ0v) is 18.6. The SMILES string of the molecule is O=C(O)c1cccc2[nH]c(=O)n(-c3cc(S(=O)(=O)N4CCCc5ccccc54)cs3)c(=O)c12. The molecule has 0 fully saturated rings. The summed E-state index contributed by atoms with van der Waals surface area (Å²) in [4.78, 5) is 39.8. The van der Waals surface area contributed by atoms with Crippen LogP contribution < -0.4 is 15.6 Å². The number of sulfonamides is 1. The summed E-state index contributed by atoms with van der Waals surface area (Å²) in [5.74, 6) is -1.31. The van der Waals surface area contributed by atoms with E-state index >= 15 is 0 Å². The lowest BCUT2D eigenvalue weighted by atomic mass is 10.0. The number of hydrogen-bond acceptors (Lipinski definition) is 6. The second-order valence-electron chi connectivity index (χ2n) is 7.53. The Kier molecular flexibility index (Phi) is 4.94. The molecule has 11 heteroatoms. The van der Waals surface area contributed by atoms with Crippen molar-refractivity contribution in [2.45, 2.75) is 17.7 Å². The molecule has 0 spiro atoms. The lowest BCUT2D eigenvalue weighted by molar-refractivity contribution is 0.0699. The number of aromatic carboxylic acids is 1. The van der Waals surface area contributed by atoms with Gasteiger partial charge in [0, 0.05) is 11.9 Å². The number of rotatable bonds is 4. The highest BCUT2D eigenvalue weighted by molar-refractivity contribution is 7.93. The molecular formula is C22H17N3O6S2. The molecule has 0 radical (unpaired) electrons. The third kappa shape index (κ3) is 3.36. The Morgan fingerprint density at radius 2 is 1.88 bits per heavy atom. The van der Waals surface area contributed by atoms with Gasteiger partial charge in [-0.25, -0.2) is 22.6 Å². The van der Waals surface area contributed by atoms with Gasteiger partial charge in [0.05, 0.1) is 22.2 Å². The summed E-state index contributed by atoms with van der Waals surface area (Å²) in [5, 5.41) is 10.7. The van der Waals surface area contributed by atoms with Crippen LogP contribution in [0.1, 0.15) is 22.3 Å². The Labute approximate surface area is 191 Å². The minimum atomic E-state index is -3.93. The molecule has 5 rings (SSSR count). The zero-order chi connectivity index (χ0) is 23.3. The standard InChI is InChI=1S/C22H17N3O6S2/c26-20-19-15(21(27)28)7-3-8-16(19)23-22(29)25(20)18-11-14(12-32-18)33(30,31)24-10-4-6-13-5-1-2-9-17(13)24/h1-3,5,7-9,11-12H,4,6,10H2,(H,23,29)(H,27,28). The van der Waals surface area contributed by atoms with Gasteiger partial charge in [-0.05, 0) is 42.7 Å². The van der Waals surface area contributed by atoms with E-state index < -0.39 is 27.2 Å². The van der Waals surface area contributed by atoms with Gasteiger partial charge in [0.15, 0.2) is 0 Å². The van der Waals surface area contributed by atoms with Crippen molar-refractivity contribution in [1.82, 2.24) is 9.55 Å². The highest BCUT2D eigenvalue weighted by atomic mass is 32.2. The third-order valence-corrected chi connectivity index (χ3v) is 8.45. The normalized spacial score (nSPS) is 13.8. The van der Waals surface area contributed by atoms with Gasteiger partial charge in [-0.1, -0.05) is 24.3 Å². The summed E-state index contributed by atoms with van der Waals surface area (Å²) < 4.78 is 28.9. The fraction of sp³-hybridized carbons (Fsp3) is 0.136. The molecule has 0 amide bonds. The molecule has 2 N–H and O–H groups in total. The Bertz CT molecular complexity index is 1650. The van der Waals surface area contributed by atoms with Crippen LogP contribution in [0.2, 0.25) is 0 Å². The molecule has 0 saturated heterocycles. The number of anilines is 1. The number of nitrogens with zero attached hydrogens (tertiary/aromatic N) is 2. The largest absolute Gasteiger partial charge is 0.478 e. The van der Waals surface area contributed by atoms with Crippen molar-refractivity contribution in [3.63, 3.8) is 0 Å². The van der Waals surface area contributed by atoms with Gasteiger partial charge in [0.2, 0.25) is 0 Å². The van der Waals surface area contributed by atoms with Crippen LogP contribution in [0.15, 0.2) is 68.4 Å². The first-order valence-corrected chi connectivity index (χ1v) is 12.3. The highest BCUT2D eigenvalue weighted by Crippen LogP contribution is 2.33. The summed E-state index contributed by atoms with van der Waals surface area (Å²) in [6.45, 7) is 0.322. The van der Waals surface area contributed by atoms with Crippen LogP contribution in [0.4, 0.5) is 5.69 Å². The number of thiophene rings is 1. The molecule has 0 saturated carbocycles. The highest BCUT2D eigenvalue weighted by Gasteiger charge is 2.30. The molecule has 4 aromatic rings. The van der Waals surface area contributed by atoms with E-state index in [1.54, 1.807) is 12.1 Å². The maximum absolute atomic E-state index is 13.4. The summed E-state index contributed by atoms with van der Waals surface area (Å²) in [5.41, 5.74) is -0.230. The van der Waals surface area contributed by atoms with Crippen molar-refractivity contribution in [2.24, 2.45) is 0 Å². The van der Waals surface area contributed by atoms with E-state index in [9.17, 15) is 27.9 Å². The van der Waals surface area contributed by atoms with Gasteiger partial charge in [0.25, 0.3) is 15.6 Å². The number of hydrogen-bond donors (Lipinski definition) is 2. The number of nitrogens with one attached hydrogen (secondary N) is 1. The lowest BCUT2D eigenvalue weighted by Gasteiger charge is -2.30. The minimum absolute atomic E-state index is 0.0443. The first-order chi connectivity index (χ1) is 15.8. The van der Waals surface area contributed by atoms with E-state index in [0.717, 1.165) is 27.9 Å². The Morgan fingerprint density at radius 3 is 2.67 bits per heavy atom. The number of carboxylic acid groups (broad SMARTS) is 1. The fourth-order valence-electron chi connectivity index (χ4n) is 4.08. The van der Waals surface area contributed by atoms with Crippen molar-refractivity contribution >= 4 is 43.9 Å². The number of aromatic nitrogens is 2. The topological polar surface area (TPSA) is 130 Å². The number of fused-ring (bicyclic) bond motifs is 2. The van der Waals surface area contributed by atoms with Crippen LogP contribution >= 0.6 is 11.3 Å². The molecule has 3 heterocycles. The predicted molar refractivity (Wildman–Crippen MR) is 124 cm³/mol. The molecule has 2 aromatic heterocycles. The molecular weight excluding hydrogens is 466 g/mol. The van der Waals surface area contributed by atoms with Gasteiger partial charge >= 0.3 is 11.7 Å². The smallest absolute Gasteiger partial charge is 0.336 e. The van der Waals surface area contributed by atoms with E-state index in [1.807, 2.05) is 12.1 Å². The Morgan fingerprint density at radius 1 is 1.09 bits per heavy atom.